The molecular weight excluding hydrogens is 398 g/mol. The highest BCUT2D eigenvalue weighted by Gasteiger charge is 2.56. The zero-order valence-corrected chi connectivity index (χ0v) is 18.6. The van der Waals surface area contributed by atoms with Crippen molar-refractivity contribution in [2.75, 3.05) is 6.54 Å². The number of benzene rings is 1. The van der Waals surface area contributed by atoms with Gasteiger partial charge in [0.2, 0.25) is 0 Å². The van der Waals surface area contributed by atoms with E-state index in [4.69, 9.17) is 4.74 Å². The molecule has 1 aliphatic heterocycles. The fourth-order valence-corrected chi connectivity index (χ4v) is 5.00. The van der Waals surface area contributed by atoms with Crippen molar-refractivity contribution >= 4 is 23.8 Å². The van der Waals surface area contributed by atoms with Gasteiger partial charge in [0.1, 0.15) is 12.1 Å². The van der Waals surface area contributed by atoms with Gasteiger partial charge in [-0.3, -0.25) is 19.3 Å². The highest BCUT2D eigenvalue weighted by Crippen LogP contribution is 2.46. The van der Waals surface area contributed by atoms with E-state index in [1.54, 1.807) is 0 Å². The summed E-state index contributed by atoms with van der Waals surface area (Å²) in [5.41, 5.74) is -0.150. The van der Waals surface area contributed by atoms with Gasteiger partial charge in [0, 0.05) is 6.54 Å². The lowest BCUT2D eigenvalue weighted by Crippen LogP contribution is -2.54. The molecule has 0 unspecified atom stereocenters. The van der Waals surface area contributed by atoms with Gasteiger partial charge in [0.25, 0.3) is 11.8 Å². The van der Waals surface area contributed by atoms with Crippen molar-refractivity contribution in [1.29, 1.82) is 0 Å². The van der Waals surface area contributed by atoms with Gasteiger partial charge in [-0.25, -0.2) is 4.79 Å². The van der Waals surface area contributed by atoms with Gasteiger partial charge in [-0.15, -0.1) is 0 Å². The van der Waals surface area contributed by atoms with Crippen LogP contribution in [0, 0.1) is 11.3 Å². The summed E-state index contributed by atoms with van der Waals surface area (Å²) in [6, 6.07) is 8.77. The lowest BCUT2D eigenvalue weighted by molar-refractivity contribution is -0.157. The number of hydrogen-bond acceptors (Lipinski definition) is 5. The number of nitrogens with one attached hydrogen (secondary N) is 2. The number of rotatable bonds is 6. The second-order valence-corrected chi connectivity index (χ2v) is 9.59. The SMILES string of the molecule is C[C@H]1CC(C)(C)C[C@]2(C1)NC(=O)N(CC(=O)O[C@@H](C)C(=O)NCc1ccccc1)C2=O. The molecule has 168 valence electrons. The molecule has 8 heteroatoms. The van der Waals surface area contributed by atoms with Crippen molar-refractivity contribution in [3.8, 4) is 0 Å². The van der Waals surface area contributed by atoms with E-state index < -0.39 is 42.0 Å². The Morgan fingerprint density at radius 2 is 1.90 bits per heavy atom. The average molecular weight is 430 g/mol. The molecule has 1 heterocycles. The molecule has 1 saturated carbocycles. The van der Waals surface area contributed by atoms with Crippen LogP contribution in [0.4, 0.5) is 4.79 Å². The maximum absolute atomic E-state index is 13.1. The molecule has 1 aromatic carbocycles. The van der Waals surface area contributed by atoms with Crippen molar-refractivity contribution in [2.45, 2.75) is 65.1 Å². The number of nitrogens with zero attached hydrogens (tertiary/aromatic N) is 1. The molecule has 2 N–H and O–H groups in total. The molecule has 0 aromatic heterocycles. The Morgan fingerprint density at radius 3 is 2.55 bits per heavy atom. The van der Waals surface area contributed by atoms with Gasteiger partial charge < -0.3 is 15.4 Å². The van der Waals surface area contributed by atoms with Crippen LogP contribution in [0.5, 0.6) is 0 Å². The first-order valence-corrected chi connectivity index (χ1v) is 10.7. The largest absolute Gasteiger partial charge is 0.451 e. The van der Waals surface area contributed by atoms with E-state index in [-0.39, 0.29) is 11.3 Å². The predicted octanol–water partition coefficient (Wildman–Crippen LogP) is 2.37. The van der Waals surface area contributed by atoms with E-state index in [0.717, 1.165) is 16.9 Å². The van der Waals surface area contributed by atoms with Gasteiger partial charge in [-0.1, -0.05) is 51.1 Å². The van der Waals surface area contributed by atoms with E-state index in [2.05, 4.69) is 31.4 Å². The number of carbonyl (C=O) groups is 4. The number of ether oxygens (including phenoxy) is 1. The number of carbonyl (C=O) groups excluding carboxylic acids is 4. The monoisotopic (exact) mass is 429 g/mol. The fourth-order valence-electron chi connectivity index (χ4n) is 5.00. The summed E-state index contributed by atoms with van der Waals surface area (Å²) < 4.78 is 5.17. The second kappa shape index (κ2) is 8.69. The molecule has 0 radical (unpaired) electrons. The van der Waals surface area contributed by atoms with Crippen molar-refractivity contribution in [1.82, 2.24) is 15.5 Å². The maximum Gasteiger partial charge on any atom is 0.327 e. The zero-order valence-electron chi connectivity index (χ0n) is 18.6. The third kappa shape index (κ3) is 5.24. The molecule has 2 aliphatic rings. The van der Waals surface area contributed by atoms with Gasteiger partial charge in [-0.2, -0.15) is 0 Å². The highest BCUT2D eigenvalue weighted by atomic mass is 16.5. The Kier molecular flexibility index (Phi) is 6.38. The van der Waals surface area contributed by atoms with Crippen LogP contribution in [-0.2, 0) is 25.7 Å². The zero-order chi connectivity index (χ0) is 22.8. The summed E-state index contributed by atoms with van der Waals surface area (Å²) >= 11 is 0. The third-order valence-corrected chi connectivity index (χ3v) is 5.90. The standard InChI is InChI=1S/C23H31N3O5/c1-15-10-22(3,4)14-23(11-15)20(29)26(21(30)25-23)13-18(27)31-16(2)19(28)24-12-17-8-6-5-7-9-17/h5-9,15-16H,10-14H2,1-4H3,(H,24,28)(H,25,30)/t15-,16-,23-/m0/s1. The van der Waals surface area contributed by atoms with E-state index in [0.29, 0.717) is 19.4 Å². The molecule has 4 amide bonds. The number of hydrogen-bond donors (Lipinski definition) is 2. The first-order chi connectivity index (χ1) is 14.5. The minimum Gasteiger partial charge on any atom is -0.451 e. The van der Waals surface area contributed by atoms with Crippen molar-refractivity contribution in [3.05, 3.63) is 35.9 Å². The van der Waals surface area contributed by atoms with Gasteiger partial charge in [0.15, 0.2) is 6.10 Å². The molecule has 3 rings (SSSR count). The smallest absolute Gasteiger partial charge is 0.327 e. The van der Waals surface area contributed by atoms with Gasteiger partial charge in [0.05, 0.1) is 0 Å². The van der Waals surface area contributed by atoms with Crippen LogP contribution in [-0.4, -0.2) is 46.9 Å². The Bertz CT molecular complexity index is 869. The summed E-state index contributed by atoms with van der Waals surface area (Å²) in [6.07, 6.45) is 0.999. The normalized spacial score (nSPS) is 25.8. The fraction of sp³-hybridized carbons (Fsp3) is 0.565. The number of amides is 4. The Balaban J connectivity index is 1.55. The first kappa shape index (κ1) is 22.8. The van der Waals surface area contributed by atoms with Crippen LogP contribution in [0.1, 0.15) is 52.5 Å². The first-order valence-electron chi connectivity index (χ1n) is 10.7. The Hall–Kier alpha value is -2.90. The van der Waals surface area contributed by atoms with E-state index in [1.807, 2.05) is 30.3 Å². The quantitative estimate of drug-likeness (QED) is 0.534. The van der Waals surface area contributed by atoms with Crippen molar-refractivity contribution in [2.24, 2.45) is 11.3 Å². The predicted molar refractivity (Wildman–Crippen MR) is 114 cm³/mol. The molecule has 1 aliphatic carbocycles. The third-order valence-electron chi connectivity index (χ3n) is 5.90. The van der Waals surface area contributed by atoms with E-state index >= 15 is 0 Å². The molecule has 1 aromatic rings. The minimum atomic E-state index is -1.04. The molecule has 0 bridgehead atoms. The lowest BCUT2D eigenvalue weighted by atomic mass is 9.64. The molecule has 3 atom stereocenters. The molecule has 31 heavy (non-hydrogen) atoms. The molecule has 8 nitrogen and oxygen atoms in total. The topological polar surface area (TPSA) is 105 Å². The molecule has 1 saturated heterocycles. The van der Waals surface area contributed by atoms with Crippen LogP contribution in [0.3, 0.4) is 0 Å². The van der Waals surface area contributed by atoms with Crippen LogP contribution >= 0.6 is 0 Å². The van der Waals surface area contributed by atoms with Crippen LogP contribution < -0.4 is 10.6 Å². The minimum absolute atomic E-state index is 0.0948. The van der Waals surface area contributed by atoms with Crippen LogP contribution in [0.25, 0.3) is 0 Å². The van der Waals surface area contributed by atoms with Gasteiger partial charge in [-0.05, 0) is 43.1 Å². The van der Waals surface area contributed by atoms with Crippen molar-refractivity contribution in [3.63, 3.8) is 0 Å². The van der Waals surface area contributed by atoms with E-state index in [9.17, 15) is 19.2 Å². The molecule has 1 spiro atoms. The van der Waals surface area contributed by atoms with Gasteiger partial charge >= 0.3 is 12.0 Å². The number of imide groups is 1. The lowest BCUT2D eigenvalue weighted by Gasteiger charge is -2.43. The molecular formula is C23H31N3O5. The number of esters is 1. The Morgan fingerprint density at radius 1 is 1.23 bits per heavy atom. The summed E-state index contributed by atoms with van der Waals surface area (Å²) in [4.78, 5) is 51.1. The average Bonchev–Trinajstić information content (AvgIpc) is 2.88. The van der Waals surface area contributed by atoms with Crippen LogP contribution in [0.2, 0.25) is 0 Å². The summed E-state index contributed by atoms with van der Waals surface area (Å²) in [6.45, 7) is 7.47. The summed E-state index contributed by atoms with van der Waals surface area (Å²) in [5, 5.41) is 5.53. The maximum atomic E-state index is 13.1. The van der Waals surface area contributed by atoms with Crippen molar-refractivity contribution < 1.29 is 23.9 Å². The Labute approximate surface area is 182 Å². The summed E-state index contributed by atoms with van der Waals surface area (Å²) in [5.74, 6) is -1.37. The van der Waals surface area contributed by atoms with E-state index in [1.165, 1.54) is 6.92 Å². The second-order valence-electron chi connectivity index (χ2n) is 9.59. The van der Waals surface area contributed by atoms with Crippen LogP contribution in [0.15, 0.2) is 30.3 Å². The molecule has 2 fully saturated rings. The number of urea groups is 1. The highest BCUT2D eigenvalue weighted by molar-refractivity contribution is 6.08. The summed E-state index contributed by atoms with van der Waals surface area (Å²) in [7, 11) is 0.